The van der Waals surface area contributed by atoms with Crippen LogP contribution in [0.4, 0.5) is 0 Å². The second-order valence-corrected chi connectivity index (χ2v) is 6.82. The van der Waals surface area contributed by atoms with Crippen LogP contribution >= 0.6 is 46.6 Å². The number of alkyl halides is 3. The molecule has 0 aromatic heterocycles. The zero-order valence-electron chi connectivity index (χ0n) is 9.12. The smallest absolute Gasteiger partial charge is 0.220 e. The van der Waals surface area contributed by atoms with Gasteiger partial charge in [-0.1, -0.05) is 71.7 Å². The molecule has 1 rings (SSSR count). The van der Waals surface area contributed by atoms with Crippen LogP contribution in [-0.2, 0) is 4.79 Å². The Labute approximate surface area is 120 Å². The molecule has 0 fully saturated rings. The molecule has 1 atom stereocenters. The molecule has 0 spiro atoms. The third-order valence-corrected chi connectivity index (χ3v) is 4.20. The van der Waals surface area contributed by atoms with E-state index in [0.29, 0.717) is 6.42 Å². The Morgan fingerprint density at radius 3 is 2.41 bits per heavy atom. The van der Waals surface area contributed by atoms with Gasteiger partial charge in [0, 0.05) is 11.3 Å². The largest absolute Gasteiger partial charge is 0.340 e. The van der Waals surface area contributed by atoms with Gasteiger partial charge in [0.05, 0.1) is 0 Å². The monoisotopic (exact) mass is 311 g/mol. The van der Waals surface area contributed by atoms with E-state index in [2.05, 4.69) is 5.32 Å². The fourth-order valence-corrected chi connectivity index (χ4v) is 2.54. The van der Waals surface area contributed by atoms with Gasteiger partial charge in [-0.25, -0.2) is 0 Å². The van der Waals surface area contributed by atoms with E-state index in [0.717, 1.165) is 4.90 Å². The summed E-state index contributed by atoms with van der Waals surface area (Å²) in [4.78, 5) is 12.3. The van der Waals surface area contributed by atoms with Gasteiger partial charge in [-0.3, -0.25) is 4.79 Å². The van der Waals surface area contributed by atoms with Crippen molar-refractivity contribution in [3.63, 3.8) is 0 Å². The van der Waals surface area contributed by atoms with E-state index >= 15 is 0 Å². The molecule has 17 heavy (non-hydrogen) atoms. The summed E-state index contributed by atoms with van der Waals surface area (Å²) >= 11 is 18.8. The summed E-state index contributed by atoms with van der Waals surface area (Å²) in [6, 6.07) is 9.47. The van der Waals surface area contributed by atoms with Crippen LogP contribution in [-0.4, -0.2) is 15.1 Å². The van der Waals surface area contributed by atoms with Crippen molar-refractivity contribution in [3.05, 3.63) is 30.3 Å². The molecule has 0 aliphatic heterocycles. The van der Waals surface area contributed by atoms with Gasteiger partial charge in [-0.05, 0) is 12.1 Å². The lowest BCUT2D eigenvalue weighted by molar-refractivity contribution is -0.120. The highest BCUT2D eigenvalue weighted by Gasteiger charge is 2.34. The number of hydrogen-bond acceptors (Lipinski definition) is 2. The number of thioether (sulfide) groups is 1. The summed E-state index contributed by atoms with van der Waals surface area (Å²) in [5, 5.41) is 2.07. The minimum Gasteiger partial charge on any atom is -0.340 e. The predicted octanol–water partition coefficient (Wildman–Crippen LogP) is 4.00. The second-order valence-electron chi connectivity index (χ2n) is 3.27. The van der Waals surface area contributed by atoms with Crippen LogP contribution in [0.1, 0.15) is 13.3 Å². The normalized spacial score (nSPS) is 13.2. The predicted molar refractivity (Wildman–Crippen MR) is 74.8 cm³/mol. The van der Waals surface area contributed by atoms with E-state index in [9.17, 15) is 4.79 Å². The molecule has 1 unspecified atom stereocenters. The van der Waals surface area contributed by atoms with Crippen molar-refractivity contribution in [2.24, 2.45) is 0 Å². The van der Waals surface area contributed by atoms with E-state index in [4.69, 9.17) is 34.8 Å². The Kier molecular flexibility index (Phi) is 5.93. The lowest BCUT2D eigenvalue weighted by atomic mass is 10.4. The summed E-state index contributed by atoms with van der Waals surface area (Å²) in [7, 11) is 0. The molecule has 1 aromatic rings. The third-order valence-electron chi connectivity index (χ3n) is 1.91. The fourth-order valence-electron chi connectivity index (χ4n) is 1.06. The molecule has 0 aliphatic carbocycles. The van der Waals surface area contributed by atoms with Crippen molar-refractivity contribution in [1.29, 1.82) is 0 Å². The van der Waals surface area contributed by atoms with Gasteiger partial charge >= 0.3 is 0 Å². The Hall–Kier alpha value is -0.0900. The van der Waals surface area contributed by atoms with Gasteiger partial charge in [0.1, 0.15) is 5.37 Å². The molecule has 1 N–H and O–H groups in total. The molecule has 0 heterocycles. The highest BCUT2D eigenvalue weighted by atomic mass is 35.6. The topological polar surface area (TPSA) is 29.1 Å². The summed E-state index contributed by atoms with van der Waals surface area (Å²) in [6.07, 6.45) is 0.354. The van der Waals surface area contributed by atoms with Gasteiger partial charge < -0.3 is 5.32 Å². The first-order valence-electron chi connectivity index (χ1n) is 5.01. The molecule has 1 amide bonds. The van der Waals surface area contributed by atoms with Crippen molar-refractivity contribution in [2.45, 2.75) is 27.4 Å². The van der Waals surface area contributed by atoms with Crippen LogP contribution in [0.3, 0.4) is 0 Å². The molecule has 2 nitrogen and oxygen atoms in total. The Morgan fingerprint density at radius 2 is 1.94 bits per heavy atom. The van der Waals surface area contributed by atoms with Gasteiger partial charge in [-0.15, -0.1) is 0 Å². The van der Waals surface area contributed by atoms with Crippen LogP contribution < -0.4 is 5.32 Å². The lowest BCUT2D eigenvalue weighted by Gasteiger charge is -2.24. The molecule has 6 heteroatoms. The van der Waals surface area contributed by atoms with Gasteiger partial charge in [0.15, 0.2) is 0 Å². The van der Waals surface area contributed by atoms with Crippen LogP contribution in [0, 0.1) is 0 Å². The average Bonchev–Trinajstić information content (AvgIpc) is 2.28. The number of benzene rings is 1. The number of rotatable bonds is 4. The average molecular weight is 313 g/mol. The SMILES string of the molecule is CCC(=O)NC(Sc1ccccc1)C(Cl)(Cl)Cl. The zero-order chi connectivity index (χ0) is 12.9. The van der Waals surface area contributed by atoms with E-state index in [1.807, 2.05) is 30.3 Å². The summed E-state index contributed by atoms with van der Waals surface area (Å²) < 4.78 is -1.55. The molecule has 0 bridgehead atoms. The first-order valence-corrected chi connectivity index (χ1v) is 7.02. The Morgan fingerprint density at radius 1 is 1.35 bits per heavy atom. The second kappa shape index (κ2) is 6.74. The number of hydrogen-bond donors (Lipinski definition) is 1. The van der Waals surface area contributed by atoms with Gasteiger partial charge in [-0.2, -0.15) is 0 Å². The molecule has 0 aliphatic rings. The Bertz CT molecular complexity index is 367. The van der Waals surface area contributed by atoms with Crippen molar-refractivity contribution < 1.29 is 4.79 Å². The quantitative estimate of drug-likeness (QED) is 0.517. The maximum Gasteiger partial charge on any atom is 0.220 e. The molecule has 0 saturated heterocycles. The number of carbonyl (C=O) groups is 1. The molecule has 94 valence electrons. The fraction of sp³-hybridized carbons (Fsp3) is 0.364. The molecule has 1 aromatic carbocycles. The summed E-state index contributed by atoms with van der Waals surface area (Å²) in [5.74, 6) is -0.148. The van der Waals surface area contributed by atoms with Crippen LogP contribution in [0.5, 0.6) is 0 Å². The lowest BCUT2D eigenvalue weighted by Crippen LogP contribution is -2.40. The van der Waals surface area contributed by atoms with Crippen molar-refractivity contribution >= 4 is 52.5 Å². The van der Waals surface area contributed by atoms with Crippen molar-refractivity contribution in [3.8, 4) is 0 Å². The minimum absolute atomic E-state index is 0.148. The highest BCUT2D eigenvalue weighted by molar-refractivity contribution is 8.00. The first-order chi connectivity index (χ1) is 7.93. The van der Waals surface area contributed by atoms with Crippen LogP contribution in [0.15, 0.2) is 35.2 Å². The molecular formula is C11H12Cl3NOS. The van der Waals surface area contributed by atoms with Crippen molar-refractivity contribution in [2.75, 3.05) is 0 Å². The minimum atomic E-state index is -1.55. The van der Waals surface area contributed by atoms with Crippen LogP contribution in [0.25, 0.3) is 0 Å². The zero-order valence-corrected chi connectivity index (χ0v) is 12.2. The third kappa shape index (κ3) is 5.38. The Balaban J connectivity index is 2.75. The molecule has 0 radical (unpaired) electrons. The maximum atomic E-state index is 11.4. The van der Waals surface area contributed by atoms with E-state index in [1.165, 1.54) is 11.8 Å². The van der Waals surface area contributed by atoms with E-state index < -0.39 is 9.17 Å². The standard InChI is InChI=1S/C11H12Cl3NOS/c1-2-9(16)15-10(11(12,13)14)17-8-6-4-3-5-7-8/h3-7,10H,2H2,1H3,(H,15,16). The number of carbonyl (C=O) groups excluding carboxylic acids is 1. The molecular weight excluding hydrogens is 301 g/mol. The highest BCUT2D eigenvalue weighted by Crippen LogP contribution is 2.39. The number of amides is 1. The van der Waals surface area contributed by atoms with Crippen LogP contribution in [0.2, 0.25) is 0 Å². The number of halogens is 3. The summed E-state index contributed by atoms with van der Waals surface area (Å²) in [6.45, 7) is 1.75. The number of nitrogens with one attached hydrogen (secondary N) is 1. The van der Waals surface area contributed by atoms with E-state index in [1.54, 1.807) is 6.92 Å². The van der Waals surface area contributed by atoms with Gasteiger partial charge in [0.25, 0.3) is 0 Å². The van der Waals surface area contributed by atoms with Gasteiger partial charge in [0.2, 0.25) is 9.70 Å². The van der Waals surface area contributed by atoms with E-state index in [-0.39, 0.29) is 5.91 Å². The maximum absolute atomic E-state index is 11.4. The summed E-state index contributed by atoms with van der Waals surface area (Å²) in [5.41, 5.74) is 0. The first kappa shape index (κ1) is 15.0. The molecule has 0 saturated carbocycles. The van der Waals surface area contributed by atoms with Crippen molar-refractivity contribution in [1.82, 2.24) is 5.32 Å².